The number of nitrogens with one attached hydrogen (secondary N) is 1. The zero-order chi connectivity index (χ0) is 19.3. The van der Waals surface area contributed by atoms with E-state index in [4.69, 9.17) is 9.72 Å². The van der Waals surface area contributed by atoms with E-state index in [-0.39, 0.29) is 5.91 Å². The van der Waals surface area contributed by atoms with Crippen molar-refractivity contribution in [3.63, 3.8) is 0 Å². The largest absolute Gasteiger partial charge is 0.496 e. The Morgan fingerprint density at radius 1 is 1.14 bits per heavy atom. The van der Waals surface area contributed by atoms with Crippen LogP contribution >= 0.6 is 0 Å². The molecule has 5 nitrogen and oxygen atoms in total. The van der Waals surface area contributed by atoms with Gasteiger partial charge < -0.3 is 14.6 Å². The fourth-order valence-corrected chi connectivity index (χ4v) is 3.66. The molecule has 1 aromatic heterocycles. The van der Waals surface area contributed by atoms with Gasteiger partial charge in [-0.2, -0.15) is 0 Å². The minimum absolute atomic E-state index is 0.00360. The molecule has 0 fully saturated rings. The Balaban J connectivity index is 1.36. The second-order valence-electron chi connectivity index (χ2n) is 7.13. The van der Waals surface area contributed by atoms with Crippen LogP contribution in [0.4, 0.5) is 5.69 Å². The Bertz CT molecular complexity index is 937. The highest BCUT2D eigenvalue weighted by atomic mass is 16.5. The number of aromatic nitrogens is 2. The number of hydrogen-bond donors (Lipinski definition) is 1. The van der Waals surface area contributed by atoms with Crippen LogP contribution < -0.4 is 10.1 Å². The molecule has 1 aliphatic rings. The normalized spacial score (nSPS) is 13.0. The van der Waals surface area contributed by atoms with Gasteiger partial charge >= 0.3 is 0 Å². The van der Waals surface area contributed by atoms with Crippen molar-refractivity contribution in [1.29, 1.82) is 0 Å². The van der Waals surface area contributed by atoms with E-state index in [1.54, 1.807) is 7.11 Å². The average Bonchev–Trinajstić information content (AvgIpc) is 3.17. The van der Waals surface area contributed by atoms with Crippen molar-refractivity contribution in [1.82, 2.24) is 9.55 Å². The first kappa shape index (κ1) is 18.3. The van der Waals surface area contributed by atoms with Crippen LogP contribution in [0.1, 0.15) is 30.7 Å². The van der Waals surface area contributed by atoms with Gasteiger partial charge in [-0.3, -0.25) is 4.79 Å². The fourth-order valence-electron chi connectivity index (χ4n) is 3.66. The zero-order valence-corrected chi connectivity index (χ0v) is 16.1. The zero-order valence-electron chi connectivity index (χ0n) is 16.1. The van der Waals surface area contributed by atoms with Crippen LogP contribution in [0.2, 0.25) is 0 Å². The number of imidazole rings is 1. The lowest BCUT2D eigenvalue weighted by molar-refractivity contribution is -0.116. The molecule has 1 aliphatic heterocycles. The predicted molar refractivity (Wildman–Crippen MR) is 111 cm³/mol. The number of aryl methyl sites for hydroxylation is 3. The molecule has 0 atom stereocenters. The van der Waals surface area contributed by atoms with Crippen molar-refractivity contribution < 1.29 is 9.53 Å². The van der Waals surface area contributed by atoms with Crippen LogP contribution in [-0.4, -0.2) is 22.6 Å². The summed E-state index contributed by atoms with van der Waals surface area (Å²) in [6, 6.07) is 15.7. The molecule has 2 heterocycles. The number of anilines is 1. The fraction of sp³-hybridized carbons (Fsp3) is 0.304. The molecule has 144 valence electrons. The lowest BCUT2D eigenvalue weighted by atomic mass is 10.1. The quantitative estimate of drug-likeness (QED) is 0.692. The molecular formula is C23H25N3O2. The average molecular weight is 375 g/mol. The van der Waals surface area contributed by atoms with Gasteiger partial charge in [0.1, 0.15) is 11.6 Å². The smallest absolute Gasteiger partial charge is 0.224 e. The number of amides is 1. The van der Waals surface area contributed by atoms with Crippen LogP contribution in [0.5, 0.6) is 5.75 Å². The van der Waals surface area contributed by atoms with Gasteiger partial charge in [0, 0.05) is 36.8 Å². The van der Waals surface area contributed by atoms with Crippen LogP contribution in [0.15, 0.2) is 54.7 Å². The maximum atomic E-state index is 12.3. The Morgan fingerprint density at radius 3 is 2.75 bits per heavy atom. The highest BCUT2D eigenvalue weighted by Crippen LogP contribution is 2.24. The molecule has 3 aromatic rings. The van der Waals surface area contributed by atoms with E-state index >= 15 is 0 Å². The molecule has 1 N–H and O–H groups in total. The Hall–Kier alpha value is -3.08. The summed E-state index contributed by atoms with van der Waals surface area (Å²) in [5.74, 6) is 1.99. The Kier molecular flexibility index (Phi) is 5.42. The minimum Gasteiger partial charge on any atom is -0.496 e. The molecule has 0 bridgehead atoms. The summed E-state index contributed by atoms with van der Waals surface area (Å²) in [6.45, 7) is 1.06. The lowest BCUT2D eigenvalue weighted by Crippen LogP contribution is -2.12. The number of carbonyl (C=O) groups excluding carboxylic acids is 1. The van der Waals surface area contributed by atoms with Crippen molar-refractivity contribution in [2.45, 2.75) is 38.6 Å². The first-order valence-corrected chi connectivity index (χ1v) is 9.81. The number of nitrogens with zero attached hydrogens (tertiary/aromatic N) is 2. The SMILES string of the molecule is COc1ccccc1CCC(=O)Nc1ccc(-c2cn3c(n2)CCCC3)cc1. The van der Waals surface area contributed by atoms with E-state index in [9.17, 15) is 4.79 Å². The van der Waals surface area contributed by atoms with Gasteiger partial charge in [0.2, 0.25) is 5.91 Å². The third kappa shape index (κ3) is 4.09. The number of hydrogen-bond acceptors (Lipinski definition) is 3. The molecule has 0 spiro atoms. The van der Waals surface area contributed by atoms with Gasteiger partial charge in [-0.1, -0.05) is 30.3 Å². The molecule has 0 saturated carbocycles. The molecule has 1 amide bonds. The first-order chi connectivity index (χ1) is 13.7. The van der Waals surface area contributed by atoms with E-state index < -0.39 is 0 Å². The van der Waals surface area contributed by atoms with E-state index in [1.807, 2.05) is 48.5 Å². The summed E-state index contributed by atoms with van der Waals surface area (Å²) in [6.07, 6.45) is 6.69. The summed E-state index contributed by atoms with van der Waals surface area (Å²) in [4.78, 5) is 17.1. The first-order valence-electron chi connectivity index (χ1n) is 9.81. The molecule has 0 unspecified atom stereocenters. The number of carbonyl (C=O) groups is 1. The molecule has 2 aromatic carbocycles. The highest BCUT2D eigenvalue weighted by Gasteiger charge is 2.13. The topological polar surface area (TPSA) is 56.1 Å². The number of ether oxygens (including phenoxy) is 1. The predicted octanol–water partition coefficient (Wildman–Crippen LogP) is 4.47. The third-order valence-electron chi connectivity index (χ3n) is 5.19. The van der Waals surface area contributed by atoms with Gasteiger partial charge in [-0.25, -0.2) is 4.98 Å². The van der Waals surface area contributed by atoms with E-state index in [0.29, 0.717) is 12.8 Å². The van der Waals surface area contributed by atoms with Crippen molar-refractivity contribution in [2.75, 3.05) is 12.4 Å². The van der Waals surface area contributed by atoms with Gasteiger partial charge in [0.25, 0.3) is 0 Å². The summed E-state index contributed by atoms with van der Waals surface area (Å²) in [5.41, 5.74) is 3.93. The maximum Gasteiger partial charge on any atom is 0.224 e. The van der Waals surface area contributed by atoms with Crippen molar-refractivity contribution in [2.24, 2.45) is 0 Å². The Morgan fingerprint density at radius 2 is 1.96 bits per heavy atom. The summed E-state index contributed by atoms with van der Waals surface area (Å²) in [5, 5.41) is 2.97. The van der Waals surface area contributed by atoms with Crippen molar-refractivity contribution in [3.8, 4) is 17.0 Å². The van der Waals surface area contributed by atoms with Crippen molar-refractivity contribution >= 4 is 11.6 Å². The van der Waals surface area contributed by atoms with E-state index in [2.05, 4.69) is 16.1 Å². The molecule has 0 saturated heterocycles. The second-order valence-corrected chi connectivity index (χ2v) is 7.13. The van der Waals surface area contributed by atoms with Gasteiger partial charge in [-0.05, 0) is 43.0 Å². The third-order valence-corrected chi connectivity index (χ3v) is 5.19. The summed E-state index contributed by atoms with van der Waals surface area (Å²) >= 11 is 0. The number of rotatable bonds is 6. The van der Waals surface area contributed by atoms with Crippen LogP contribution in [0.3, 0.4) is 0 Å². The van der Waals surface area contributed by atoms with Gasteiger partial charge in [0.05, 0.1) is 12.8 Å². The molecule has 28 heavy (non-hydrogen) atoms. The number of benzene rings is 2. The van der Waals surface area contributed by atoms with Gasteiger partial charge in [-0.15, -0.1) is 0 Å². The summed E-state index contributed by atoms with van der Waals surface area (Å²) < 4.78 is 7.60. The highest BCUT2D eigenvalue weighted by molar-refractivity contribution is 5.91. The standard InChI is InChI=1S/C23H25N3O2/c1-28-21-7-3-2-6-18(21)11-14-23(27)24-19-12-9-17(10-13-19)20-16-26-15-5-4-8-22(26)25-20/h2-3,6-7,9-10,12-13,16H,4-5,8,11,14-15H2,1H3,(H,24,27). The van der Waals surface area contributed by atoms with E-state index in [1.165, 1.54) is 18.7 Å². The maximum absolute atomic E-state index is 12.3. The molecular weight excluding hydrogens is 350 g/mol. The van der Waals surface area contributed by atoms with Crippen LogP contribution in [0.25, 0.3) is 11.3 Å². The van der Waals surface area contributed by atoms with Crippen LogP contribution in [0, 0.1) is 0 Å². The lowest BCUT2D eigenvalue weighted by Gasteiger charge is -2.11. The van der Waals surface area contributed by atoms with Crippen molar-refractivity contribution in [3.05, 3.63) is 66.1 Å². The Labute approximate surface area is 165 Å². The molecule has 4 rings (SSSR count). The molecule has 0 radical (unpaired) electrons. The van der Waals surface area contributed by atoms with Crippen LogP contribution in [-0.2, 0) is 24.2 Å². The monoisotopic (exact) mass is 375 g/mol. The minimum atomic E-state index is -0.00360. The number of para-hydroxylation sites is 1. The molecule has 0 aliphatic carbocycles. The molecule has 5 heteroatoms. The van der Waals surface area contributed by atoms with Gasteiger partial charge in [0.15, 0.2) is 0 Å². The number of fused-ring (bicyclic) bond motifs is 1. The summed E-state index contributed by atoms with van der Waals surface area (Å²) in [7, 11) is 1.65. The van der Waals surface area contributed by atoms with E-state index in [0.717, 1.165) is 41.2 Å². The second kappa shape index (κ2) is 8.30. The number of methoxy groups -OCH3 is 1.